The summed E-state index contributed by atoms with van der Waals surface area (Å²) in [5, 5.41) is 39.8. The lowest BCUT2D eigenvalue weighted by molar-refractivity contribution is -0.277. The third-order valence-electron chi connectivity index (χ3n) is 7.61. The number of benzene rings is 2. The predicted octanol–water partition coefficient (Wildman–Crippen LogP) is 0.966. The van der Waals surface area contributed by atoms with Crippen LogP contribution in [0.1, 0.15) is 23.3 Å². The number of fused-ring (bicyclic) bond motifs is 1. The number of aliphatic hydroxyl groups is 4. The molecule has 0 amide bonds. The van der Waals surface area contributed by atoms with Gasteiger partial charge < -0.3 is 53.6 Å². The lowest BCUT2D eigenvalue weighted by Gasteiger charge is -2.39. The maximum atomic E-state index is 10.3. The predicted molar refractivity (Wildman–Crippen MR) is 131 cm³/mol. The minimum absolute atomic E-state index is 0.120. The summed E-state index contributed by atoms with van der Waals surface area (Å²) in [5.41, 5.74) is 1.88. The molecule has 0 radical (unpaired) electrons. The minimum atomic E-state index is -1.54. The van der Waals surface area contributed by atoms with Crippen molar-refractivity contribution < 1.29 is 53.6 Å². The fraction of sp³-hybridized carbons (Fsp3) is 0.556. The van der Waals surface area contributed by atoms with Crippen molar-refractivity contribution in [3.05, 3.63) is 47.5 Å². The Bertz CT molecular complexity index is 1110. The van der Waals surface area contributed by atoms with Gasteiger partial charge in [-0.2, -0.15) is 0 Å². The summed E-state index contributed by atoms with van der Waals surface area (Å²) in [6, 6.07) is 11.1. The molecular weight excluding hydrogens is 500 g/mol. The Kier molecular flexibility index (Phi) is 7.96. The Labute approximate surface area is 220 Å². The summed E-state index contributed by atoms with van der Waals surface area (Å²) < 4.78 is 40.1. The average Bonchev–Trinajstić information content (AvgIpc) is 3.55. The van der Waals surface area contributed by atoms with Gasteiger partial charge in [0, 0.05) is 11.8 Å². The molecule has 3 aliphatic rings. The van der Waals surface area contributed by atoms with Gasteiger partial charge in [0.2, 0.25) is 6.29 Å². The zero-order chi connectivity index (χ0) is 27.0. The smallest absolute Gasteiger partial charge is 0.229 e. The first kappa shape index (κ1) is 26.9. The molecule has 3 heterocycles. The van der Waals surface area contributed by atoms with Crippen LogP contribution in [0.25, 0.3) is 0 Å². The van der Waals surface area contributed by atoms with Gasteiger partial charge in [-0.25, -0.2) is 0 Å². The van der Waals surface area contributed by atoms with E-state index in [1.54, 1.807) is 26.4 Å². The highest BCUT2D eigenvalue weighted by Gasteiger charge is 2.49. The molecule has 0 bridgehead atoms. The van der Waals surface area contributed by atoms with Crippen molar-refractivity contribution in [3.63, 3.8) is 0 Å². The van der Waals surface area contributed by atoms with Crippen LogP contribution >= 0.6 is 0 Å². The lowest BCUT2D eigenvalue weighted by atomic mass is 9.85. The monoisotopic (exact) mass is 534 g/mol. The van der Waals surface area contributed by atoms with E-state index in [-0.39, 0.29) is 29.8 Å². The van der Waals surface area contributed by atoms with E-state index in [1.807, 2.05) is 24.3 Å². The van der Waals surface area contributed by atoms with E-state index in [2.05, 4.69) is 0 Å². The highest BCUT2D eigenvalue weighted by molar-refractivity contribution is 5.45. The van der Waals surface area contributed by atoms with Gasteiger partial charge in [0.1, 0.15) is 24.4 Å². The minimum Gasteiger partial charge on any atom is -0.493 e. The van der Waals surface area contributed by atoms with Crippen molar-refractivity contribution in [2.45, 2.75) is 42.9 Å². The first-order valence-electron chi connectivity index (χ1n) is 12.5. The summed E-state index contributed by atoms with van der Waals surface area (Å²) in [7, 11) is 4.69. The van der Waals surface area contributed by atoms with Gasteiger partial charge in [0.15, 0.2) is 23.0 Å². The van der Waals surface area contributed by atoms with Crippen LogP contribution in [0.15, 0.2) is 36.4 Å². The highest BCUT2D eigenvalue weighted by Crippen LogP contribution is 2.51. The van der Waals surface area contributed by atoms with Gasteiger partial charge in [-0.05, 0) is 35.4 Å². The first-order valence-corrected chi connectivity index (χ1v) is 12.5. The molecule has 11 nitrogen and oxygen atoms in total. The van der Waals surface area contributed by atoms with Crippen molar-refractivity contribution in [1.82, 2.24) is 0 Å². The van der Waals surface area contributed by atoms with E-state index in [0.29, 0.717) is 30.5 Å². The van der Waals surface area contributed by atoms with E-state index in [9.17, 15) is 20.4 Å². The molecule has 3 saturated heterocycles. The van der Waals surface area contributed by atoms with E-state index >= 15 is 0 Å². The van der Waals surface area contributed by atoms with Crippen molar-refractivity contribution in [1.29, 1.82) is 0 Å². The first-order chi connectivity index (χ1) is 18.4. The van der Waals surface area contributed by atoms with E-state index in [1.165, 1.54) is 7.11 Å². The van der Waals surface area contributed by atoms with Crippen molar-refractivity contribution >= 4 is 0 Å². The number of methoxy groups -OCH3 is 3. The van der Waals surface area contributed by atoms with Crippen LogP contribution in [0.2, 0.25) is 0 Å². The number of hydrogen-bond acceptors (Lipinski definition) is 11. The van der Waals surface area contributed by atoms with Gasteiger partial charge in [-0.3, -0.25) is 0 Å². The van der Waals surface area contributed by atoms with Gasteiger partial charge in [-0.15, -0.1) is 0 Å². The molecule has 2 aromatic carbocycles. The summed E-state index contributed by atoms with van der Waals surface area (Å²) >= 11 is 0. The topological polar surface area (TPSA) is 146 Å². The zero-order valence-corrected chi connectivity index (χ0v) is 21.4. The van der Waals surface area contributed by atoms with E-state index in [4.69, 9.17) is 33.2 Å². The molecule has 208 valence electrons. The Morgan fingerprint density at radius 1 is 0.711 bits per heavy atom. The Morgan fingerprint density at radius 2 is 1.24 bits per heavy atom. The third-order valence-corrected chi connectivity index (χ3v) is 7.61. The van der Waals surface area contributed by atoms with Gasteiger partial charge >= 0.3 is 0 Å². The molecule has 38 heavy (non-hydrogen) atoms. The second-order valence-corrected chi connectivity index (χ2v) is 9.68. The normalized spacial score (nSPS) is 34.6. The van der Waals surface area contributed by atoms with Crippen LogP contribution in [-0.2, 0) is 14.2 Å². The number of rotatable bonds is 8. The quantitative estimate of drug-likeness (QED) is 0.384. The highest BCUT2D eigenvalue weighted by atomic mass is 16.7. The Morgan fingerprint density at radius 3 is 1.76 bits per heavy atom. The zero-order valence-electron chi connectivity index (χ0n) is 21.4. The molecule has 5 rings (SSSR count). The molecular formula is C27H34O11. The van der Waals surface area contributed by atoms with Crippen molar-refractivity contribution in [2.24, 2.45) is 11.8 Å². The van der Waals surface area contributed by atoms with Crippen LogP contribution in [0.4, 0.5) is 0 Å². The fourth-order valence-corrected chi connectivity index (χ4v) is 5.51. The molecule has 3 aliphatic heterocycles. The standard InChI is InChI=1S/C27H34O11/c1-32-17-6-4-13(8-19(17)33-2)25-15-11-36-26(16(15)12-35-25)14-5-7-18(20(9-14)34-3)37-27-24(31)23(30)22(29)21(10-28)38-27/h4-9,15-16,21-31H,10-12H2,1-3H3/t15?,16?,21-,22-,23+,24-,25-,26-,27-/m1/s1. The molecule has 0 saturated carbocycles. The number of hydrogen-bond donors (Lipinski definition) is 4. The Balaban J connectivity index is 1.31. The number of ether oxygens (including phenoxy) is 7. The molecule has 2 unspecified atom stereocenters. The van der Waals surface area contributed by atoms with Crippen LogP contribution in [0, 0.1) is 11.8 Å². The fourth-order valence-electron chi connectivity index (χ4n) is 5.51. The second kappa shape index (κ2) is 11.2. The molecule has 0 aliphatic carbocycles. The molecule has 3 fully saturated rings. The van der Waals surface area contributed by atoms with Crippen LogP contribution < -0.4 is 18.9 Å². The summed E-state index contributed by atoms with van der Waals surface area (Å²) in [4.78, 5) is 0. The van der Waals surface area contributed by atoms with Crippen molar-refractivity contribution in [3.8, 4) is 23.0 Å². The third kappa shape index (κ3) is 4.79. The van der Waals surface area contributed by atoms with Gasteiger partial charge in [-0.1, -0.05) is 12.1 Å². The molecule has 4 N–H and O–H groups in total. The second-order valence-electron chi connectivity index (χ2n) is 9.68. The van der Waals surface area contributed by atoms with Crippen LogP contribution in [0.3, 0.4) is 0 Å². The molecule has 11 heteroatoms. The molecule has 0 spiro atoms. The maximum absolute atomic E-state index is 10.3. The average molecular weight is 535 g/mol. The summed E-state index contributed by atoms with van der Waals surface area (Å²) in [6.07, 6.45) is -7.29. The van der Waals surface area contributed by atoms with E-state index in [0.717, 1.165) is 11.1 Å². The largest absolute Gasteiger partial charge is 0.493 e. The lowest BCUT2D eigenvalue weighted by Crippen LogP contribution is -2.60. The Hall–Kier alpha value is -2.64. The van der Waals surface area contributed by atoms with Crippen LogP contribution in [0.5, 0.6) is 23.0 Å². The van der Waals surface area contributed by atoms with Gasteiger partial charge in [0.05, 0.1) is 53.4 Å². The molecule has 9 atom stereocenters. The summed E-state index contributed by atoms with van der Waals surface area (Å²) in [5.74, 6) is 2.21. The van der Waals surface area contributed by atoms with E-state index < -0.39 is 37.3 Å². The summed E-state index contributed by atoms with van der Waals surface area (Å²) in [6.45, 7) is 0.508. The van der Waals surface area contributed by atoms with Crippen molar-refractivity contribution in [2.75, 3.05) is 41.2 Å². The SMILES string of the molecule is COc1ccc([C@H]2OCC3C2CO[C@@H]3c2ccc(O[C@@H]3O[C@H](CO)[C@@H](O)[C@H](O)[C@H]3O)c(OC)c2)cc1OC. The number of aliphatic hydroxyl groups excluding tert-OH is 4. The molecule has 0 aromatic heterocycles. The maximum Gasteiger partial charge on any atom is 0.229 e. The van der Waals surface area contributed by atoms with Crippen LogP contribution in [-0.4, -0.2) is 92.3 Å². The van der Waals surface area contributed by atoms with Gasteiger partial charge in [0.25, 0.3) is 0 Å². The molecule has 2 aromatic rings.